The van der Waals surface area contributed by atoms with Gasteiger partial charge in [-0.1, -0.05) is 23.7 Å². The number of carbonyl (C=O) groups is 1. The van der Waals surface area contributed by atoms with Crippen molar-refractivity contribution >= 4 is 23.0 Å². The quantitative estimate of drug-likeness (QED) is 0.647. The lowest BCUT2D eigenvalue weighted by atomic mass is 10.1. The van der Waals surface area contributed by atoms with Gasteiger partial charge in [0.1, 0.15) is 5.52 Å². The van der Waals surface area contributed by atoms with Gasteiger partial charge in [-0.3, -0.25) is 9.59 Å². The van der Waals surface area contributed by atoms with Gasteiger partial charge in [0, 0.05) is 29.3 Å². The van der Waals surface area contributed by atoms with Gasteiger partial charge in [0.15, 0.2) is 5.69 Å². The number of aryl methyl sites for hydroxylation is 1. The summed E-state index contributed by atoms with van der Waals surface area (Å²) in [7, 11) is 1.58. The summed E-state index contributed by atoms with van der Waals surface area (Å²) in [6.07, 6.45) is 3.63. The highest BCUT2D eigenvalue weighted by Crippen LogP contribution is 2.43. The van der Waals surface area contributed by atoms with Gasteiger partial charge in [0.25, 0.3) is 11.5 Å². The van der Waals surface area contributed by atoms with Crippen molar-refractivity contribution in [2.75, 3.05) is 13.7 Å². The molecule has 1 aliphatic carbocycles. The largest absolute Gasteiger partial charge is 0.383 e. The van der Waals surface area contributed by atoms with Crippen LogP contribution in [0.3, 0.4) is 0 Å². The molecule has 29 heavy (non-hydrogen) atoms. The van der Waals surface area contributed by atoms with Crippen LogP contribution in [0.15, 0.2) is 29.2 Å². The second kappa shape index (κ2) is 7.65. The van der Waals surface area contributed by atoms with E-state index in [0.29, 0.717) is 28.5 Å². The van der Waals surface area contributed by atoms with Crippen molar-refractivity contribution in [2.24, 2.45) is 0 Å². The number of carbonyl (C=O) groups excluding carboxylic acids is 1. The molecule has 0 unspecified atom stereocenters. The molecule has 2 N–H and O–H groups in total. The van der Waals surface area contributed by atoms with E-state index >= 15 is 0 Å². The van der Waals surface area contributed by atoms with Crippen LogP contribution in [0.1, 0.15) is 47.3 Å². The molecule has 1 aliphatic rings. The Bertz CT molecular complexity index is 1150. The van der Waals surface area contributed by atoms with E-state index in [-0.39, 0.29) is 23.4 Å². The Morgan fingerprint density at radius 1 is 1.45 bits per heavy atom. The molecular weight excluding hydrogens is 392 g/mol. The number of aromatic nitrogens is 3. The maximum absolute atomic E-state index is 12.9. The predicted molar refractivity (Wildman–Crippen MR) is 112 cm³/mol. The predicted octanol–water partition coefficient (Wildman–Crippen LogP) is 3.29. The van der Waals surface area contributed by atoms with E-state index in [0.717, 1.165) is 29.5 Å². The molecule has 2 heterocycles. The lowest BCUT2D eigenvalue weighted by molar-refractivity contribution is 0.0899. The molecule has 152 valence electrons. The Labute approximate surface area is 173 Å². The van der Waals surface area contributed by atoms with Gasteiger partial charge in [-0.2, -0.15) is 5.10 Å². The van der Waals surface area contributed by atoms with Crippen LogP contribution in [-0.4, -0.2) is 40.3 Å². The number of ether oxygens (including phenoxy) is 1. The van der Waals surface area contributed by atoms with E-state index in [9.17, 15) is 9.59 Å². The number of hydrogen-bond acceptors (Lipinski definition) is 4. The number of nitrogens with one attached hydrogen (secondary N) is 2. The van der Waals surface area contributed by atoms with Gasteiger partial charge in [-0.05, 0) is 44.2 Å². The smallest absolute Gasteiger partial charge is 0.274 e. The zero-order valence-corrected chi connectivity index (χ0v) is 17.3. The highest BCUT2D eigenvalue weighted by molar-refractivity contribution is 6.31. The molecule has 0 spiro atoms. The monoisotopic (exact) mass is 414 g/mol. The minimum Gasteiger partial charge on any atom is -0.383 e. The minimum absolute atomic E-state index is 0.159. The zero-order valence-electron chi connectivity index (χ0n) is 16.6. The molecule has 1 amide bonds. The van der Waals surface area contributed by atoms with Crippen LogP contribution < -0.4 is 10.9 Å². The first-order chi connectivity index (χ1) is 13.9. The Morgan fingerprint density at radius 3 is 2.86 bits per heavy atom. The van der Waals surface area contributed by atoms with Gasteiger partial charge in [0.05, 0.1) is 18.5 Å². The number of rotatable bonds is 6. The average Bonchev–Trinajstić information content (AvgIpc) is 3.43. The first kappa shape index (κ1) is 19.7. The second-order valence-corrected chi connectivity index (χ2v) is 8.03. The summed E-state index contributed by atoms with van der Waals surface area (Å²) >= 11 is 6.24. The molecule has 4 rings (SSSR count). The van der Waals surface area contributed by atoms with E-state index in [1.807, 2.05) is 26.0 Å². The van der Waals surface area contributed by atoms with Gasteiger partial charge in [-0.25, -0.2) is 4.52 Å². The molecule has 3 aromatic rings. The van der Waals surface area contributed by atoms with Crippen LogP contribution in [0.5, 0.6) is 0 Å². The van der Waals surface area contributed by atoms with Crippen molar-refractivity contribution in [1.82, 2.24) is 19.9 Å². The first-order valence-electron chi connectivity index (χ1n) is 9.61. The molecule has 0 saturated heterocycles. The van der Waals surface area contributed by atoms with Crippen molar-refractivity contribution in [1.29, 1.82) is 0 Å². The van der Waals surface area contributed by atoms with Crippen molar-refractivity contribution in [2.45, 2.75) is 38.6 Å². The molecule has 0 radical (unpaired) electrons. The van der Waals surface area contributed by atoms with Crippen molar-refractivity contribution in [3.05, 3.63) is 56.6 Å². The second-order valence-electron chi connectivity index (χ2n) is 7.62. The van der Waals surface area contributed by atoms with Crippen molar-refractivity contribution in [3.8, 4) is 11.3 Å². The number of fused-ring (bicyclic) bond motifs is 1. The summed E-state index contributed by atoms with van der Waals surface area (Å²) < 4.78 is 6.60. The Hall–Kier alpha value is -2.64. The SMILES string of the molecule is COC[C@H](C)NC(=O)c1nn2cc(-c3ccc(C)c(Cl)c3)[nH]c(=O)c2c1C1CC1. The lowest BCUT2D eigenvalue weighted by Crippen LogP contribution is -2.36. The molecular formula is C21H23ClN4O3. The van der Waals surface area contributed by atoms with Crippen LogP contribution in [-0.2, 0) is 4.74 Å². The fourth-order valence-corrected chi connectivity index (χ4v) is 3.70. The molecule has 2 aromatic heterocycles. The van der Waals surface area contributed by atoms with E-state index in [2.05, 4.69) is 15.4 Å². The fraction of sp³-hybridized carbons (Fsp3) is 0.381. The molecule has 1 fully saturated rings. The maximum atomic E-state index is 12.9. The van der Waals surface area contributed by atoms with E-state index in [4.69, 9.17) is 16.3 Å². The lowest BCUT2D eigenvalue weighted by Gasteiger charge is -2.12. The first-order valence-corrected chi connectivity index (χ1v) is 9.98. The third-order valence-corrected chi connectivity index (χ3v) is 5.55. The summed E-state index contributed by atoms with van der Waals surface area (Å²) in [6, 6.07) is 5.44. The summed E-state index contributed by atoms with van der Waals surface area (Å²) in [4.78, 5) is 28.7. The van der Waals surface area contributed by atoms with Crippen LogP contribution in [0, 0.1) is 6.92 Å². The molecule has 0 bridgehead atoms. The standard InChI is InChI=1S/C21H23ClN4O3/c1-11-4-5-14(8-15(11)22)16-9-26-19(21(28)24-16)17(13-6-7-13)18(25-26)20(27)23-12(2)10-29-3/h4-5,8-9,12-13H,6-7,10H2,1-3H3,(H,23,27)(H,24,28)/t12-/m0/s1. The number of methoxy groups -OCH3 is 1. The normalized spacial score (nSPS) is 14.9. The summed E-state index contributed by atoms with van der Waals surface area (Å²) in [5.41, 5.74) is 3.52. The number of benzene rings is 1. The highest BCUT2D eigenvalue weighted by atomic mass is 35.5. The number of nitrogens with zero attached hydrogens (tertiary/aromatic N) is 2. The maximum Gasteiger partial charge on any atom is 0.274 e. The molecule has 0 aliphatic heterocycles. The van der Waals surface area contributed by atoms with Crippen LogP contribution in [0.2, 0.25) is 5.02 Å². The van der Waals surface area contributed by atoms with Crippen LogP contribution >= 0.6 is 11.6 Å². The summed E-state index contributed by atoms with van der Waals surface area (Å²) in [5.74, 6) is -0.105. The number of H-pyrrole nitrogens is 1. The van der Waals surface area contributed by atoms with E-state index in [1.165, 1.54) is 4.52 Å². The average molecular weight is 415 g/mol. The molecule has 7 nitrogen and oxygen atoms in total. The topological polar surface area (TPSA) is 88.5 Å². The van der Waals surface area contributed by atoms with E-state index in [1.54, 1.807) is 19.4 Å². The van der Waals surface area contributed by atoms with Crippen molar-refractivity contribution < 1.29 is 9.53 Å². The van der Waals surface area contributed by atoms with Crippen LogP contribution in [0.4, 0.5) is 0 Å². The van der Waals surface area contributed by atoms with E-state index < -0.39 is 0 Å². The number of amides is 1. The van der Waals surface area contributed by atoms with Gasteiger partial charge in [-0.15, -0.1) is 0 Å². The fourth-order valence-electron chi connectivity index (χ4n) is 3.52. The van der Waals surface area contributed by atoms with Gasteiger partial charge in [0.2, 0.25) is 0 Å². The highest BCUT2D eigenvalue weighted by Gasteiger charge is 2.34. The molecule has 1 saturated carbocycles. The Balaban J connectivity index is 1.81. The van der Waals surface area contributed by atoms with Crippen molar-refractivity contribution in [3.63, 3.8) is 0 Å². The molecule has 1 aromatic carbocycles. The van der Waals surface area contributed by atoms with Crippen LogP contribution in [0.25, 0.3) is 16.8 Å². The zero-order chi connectivity index (χ0) is 20.7. The third-order valence-electron chi connectivity index (χ3n) is 5.14. The van der Waals surface area contributed by atoms with Gasteiger partial charge >= 0.3 is 0 Å². The summed E-state index contributed by atoms with van der Waals surface area (Å²) in [6.45, 7) is 4.18. The molecule has 8 heteroatoms. The Morgan fingerprint density at radius 2 is 2.21 bits per heavy atom. The minimum atomic E-state index is -0.292. The number of aromatic amines is 1. The number of halogens is 1. The molecule has 1 atom stereocenters. The Kier molecular flexibility index (Phi) is 5.19. The third kappa shape index (κ3) is 3.80. The number of hydrogen-bond donors (Lipinski definition) is 2. The van der Waals surface area contributed by atoms with Gasteiger partial charge < -0.3 is 15.0 Å². The summed E-state index contributed by atoms with van der Waals surface area (Å²) in [5, 5.41) is 8.00.